The van der Waals surface area contributed by atoms with Gasteiger partial charge in [0.25, 0.3) is 0 Å². The van der Waals surface area contributed by atoms with Crippen molar-refractivity contribution < 1.29 is 0 Å². The SMILES string of the molecule is CCNC(=NCc1cccnc1N1CCN(C)CC1)NCC1(CC(C)C)CCC1.I. The van der Waals surface area contributed by atoms with Gasteiger partial charge in [0.2, 0.25) is 0 Å². The Balaban J connectivity index is 0.00000320. The van der Waals surface area contributed by atoms with Crippen LogP contribution in [0.15, 0.2) is 23.3 Å². The van der Waals surface area contributed by atoms with Crippen molar-refractivity contribution in [3.8, 4) is 0 Å². The maximum absolute atomic E-state index is 4.91. The third kappa shape index (κ3) is 6.97. The number of likely N-dealkylation sites (N-methyl/N-ethyl adjacent to an activating group) is 1. The summed E-state index contributed by atoms with van der Waals surface area (Å²) in [5.74, 6) is 2.77. The van der Waals surface area contributed by atoms with E-state index in [0.717, 1.165) is 57.0 Å². The molecular weight excluding hydrogens is 487 g/mol. The van der Waals surface area contributed by atoms with Gasteiger partial charge in [0.05, 0.1) is 6.54 Å². The molecule has 2 fully saturated rings. The summed E-state index contributed by atoms with van der Waals surface area (Å²) in [6.07, 6.45) is 7.25. The molecule has 170 valence electrons. The zero-order chi connectivity index (χ0) is 20.7. The predicted molar refractivity (Wildman–Crippen MR) is 138 cm³/mol. The number of hydrogen-bond acceptors (Lipinski definition) is 4. The zero-order valence-electron chi connectivity index (χ0n) is 19.3. The third-order valence-corrected chi connectivity index (χ3v) is 6.31. The molecule has 0 spiro atoms. The number of guanidine groups is 1. The number of aliphatic imine (C=N–C) groups is 1. The fraction of sp³-hybridized carbons (Fsp3) is 0.739. The minimum atomic E-state index is 0. The van der Waals surface area contributed by atoms with Crippen LogP contribution >= 0.6 is 24.0 Å². The Morgan fingerprint density at radius 1 is 1.20 bits per heavy atom. The molecule has 0 unspecified atom stereocenters. The average molecular weight is 529 g/mol. The lowest BCUT2D eigenvalue weighted by Gasteiger charge is -2.43. The van der Waals surface area contributed by atoms with Crippen molar-refractivity contribution >= 4 is 35.8 Å². The molecule has 1 saturated carbocycles. The second kappa shape index (κ2) is 12.1. The quantitative estimate of drug-likeness (QED) is 0.306. The van der Waals surface area contributed by atoms with Gasteiger partial charge in [-0.1, -0.05) is 26.3 Å². The molecule has 7 heteroatoms. The van der Waals surface area contributed by atoms with Gasteiger partial charge in [0.15, 0.2) is 5.96 Å². The van der Waals surface area contributed by atoms with Crippen LogP contribution in [0.25, 0.3) is 0 Å². The number of anilines is 1. The highest BCUT2D eigenvalue weighted by molar-refractivity contribution is 14.0. The molecule has 6 nitrogen and oxygen atoms in total. The maximum atomic E-state index is 4.91. The molecule has 0 atom stereocenters. The van der Waals surface area contributed by atoms with Crippen molar-refractivity contribution in [1.29, 1.82) is 0 Å². The normalized spacial score (nSPS) is 19.2. The summed E-state index contributed by atoms with van der Waals surface area (Å²) >= 11 is 0. The molecule has 2 heterocycles. The van der Waals surface area contributed by atoms with Crippen LogP contribution in [0.5, 0.6) is 0 Å². The first-order valence-electron chi connectivity index (χ1n) is 11.4. The first kappa shape index (κ1) is 25.2. The van der Waals surface area contributed by atoms with E-state index in [1.54, 1.807) is 0 Å². The molecule has 1 aromatic heterocycles. The van der Waals surface area contributed by atoms with E-state index < -0.39 is 0 Å². The zero-order valence-corrected chi connectivity index (χ0v) is 21.6. The van der Waals surface area contributed by atoms with Gasteiger partial charge in [-0.15, -0.1) is 24.0 Å². The smallest absolute Gasteiger partial charge is 0.191 e. The second-order valence-electron chi connectivity index (χ2n) is 9.28. The molecule has 0 amide bonds. The number of nitrogens with one attached hydrogen (secondary N) is 2. The van der Waals surface area contributed by atoms with Gasteiger partial charge >= 0.3 is 0 Å². The first-order valence-corrected chi connectivity index (χ1v) is 11.4. The van der Waals surface area contributed by atoms with Crippen molar-refractivity contribution in [2.24, 2.45) is 16.3 Å². The molecule has 2 N–H and O–H groups in total. The monoisotopic (exact) mass is 528 g/mol. The van der Waals surface area contributed by atoms with E-state index in [2.05, 4.69) is 59.3 Å². The highest BCUT2D eigenvalue weighted by Gasteiger charge is 2.37. The summed E-state index contributed by atoms with van der Waals surface area (Å²) in [5.41, 5.74) is 1.67. The van der Waals surface area contributed by atoms with Crippen molar-refractivity contribution in [2.75, 3.05) is 51.2 Å². The largest absolute Gasteiger partial charge is 0.357 e. The van der Waals surface area contributed by atoms with Gasteiger partial charge in [0.1, 0.15) is 5.82 Å². The standard InChI is InChI=1S/C23H40N6.HI/c1-5-24-22(27-18-23(9-7-10-23)16-19(2)3)26-17-20-8-6-11-25-21(20)29-14-12-28(4)13-15-29;/h6,8,11,19H,5,7,9-10,12-18H2,1-4H3,(H2,24,26,27);1H. The number of rotatable bonds is 8. The number of aromatic nitrogens is 1. The number of hydrogen-bond donors (Lipinski definition) is 2. The third-order valence-electron chi connectivity index (χ3n) is 6.31. The number of pyridine rings is 1. The Morgan fingerprint density at radius 2 is 1.93 bits per heavy atom. The molecule has 2 aliphatic rings. The Bertz CT molecular complexity index is 665. The Labute approximate surface area is 200 Å². The Hall–Kier alpha value is -1.09. The van der Waals surface area contributed by atoms with E-state index in [-0.39, 0.29) is 24.0 Å². The Kier molecular flexibility index (Phi) is 10.1. The van der Waals surface area contributed by atoms with E-state index in [9.17, 15) is 0 Å². The molecular formula is C23H41IN6. The maximum Gasteiger partial charge on any atom is 0.191 e. The number of halogens is 1. The van der Waals surface area contributed by atoms with Gasteiger partial charge in [-0.25, -0.2) is 9.98 Å². The predicted octanol–water partition coefficient (Wildman–Crippen LogP) is 3.72. The molecule has 1 aliphatic heterocycles. The summed E-state index contributed by atoms with van der Waals surface area (Å²) in [6, 6.07) is 4.19. The summed E-state index contributed by atoms with van der Waals surface area (Å²) < 4.78 is 0. The number of nitrogens with zero attached hydrogens (tertiary/aromatic N) is 4. The van der Waals surface area contributed by atoms with Crippen molar-refractivity contribution in [3.63, 3.8) is 0 Å². The molecule has 1 aromatic rings. The number of piperazine rings is 1. The topological polar surface area (TPSA) is 55.8 Å². The first-order chi connectivity index (χ1) is 14.0. The molecule has 3 rings (SSSR count). The average Bonchev–Trinajstić information content (AvgIpc) is 2.68. The second-order valence-corrected chi connectivity index (χ2v) is 9.28. The lowest BCUT2D eigenvalue weighted by atomic mass is 9.64. The highest BCUT2D eigenvalue weighted by atomic mass is 127. The van der Waals surface area contributed by atoms with Crippen molar-refractivity contribution in [1.82, 2.24) is 20.5 Å². The van der Waals surface area contributed by atoms with E-state index in [1.807, 2.05) is 12.3 Å². The van der Waals surface area contributed by atoms with Crippen molar-refractivity contribution in [2.45, 2.75) is 53.0 Å². The van der Waals surface area contributed by atoms with Crippen LogP contribution < -0.4 is 15.5 Å². The summed E-state index contributed by atoms with van der Waals surface area (Å²) in [4.78, 5) is 14.4. The van der Waals surface area contributed by atoms with Crippen LogP contribution in [-0.4, -0.2) is 62.2 Å². The molecule has 1 saturated heterocycles. The van der Waals surface area contributed by atoms with Gasteiger partial charge in [-0.05, 0) is 50.6 Å². The summed E-state index contributed by atoms with van der Waals surface area (Å²) in [6.45, 7) is 13.6. The highest BCUT2D eigenvalue weighted by Crippen LogP contribution is 2.45. The molecule has 30 heavy (non-hydrogen) atoms. The van der Waals surface area contributed by atoms with Crippen LogP contribution in [0.1, 0.15) is 52.0 Å². The molecule has 0 aromatic carbocycles. The van der Waals surface area contributed by atoms with Crippen LogP contribution in [-0.2, 0) is 6.54 Å². The van der Waals surface area contributed by atoms with Gasteiger partial charge < -0.3 is 20.4 Å². The van der Waals surface area contributed by atoms with Gasteiger partial charge in [-0.3, -0.25) is 0 Å². The van der Waals surface area contributed by atoms with E-state index in [1.165, 1.54) is 31.2 Å². The van der Waals surface area contributed by atoms with Crippen LogP contribution in [0.3, 0.4) is 0 Å². The summed E-state index contributed by atoms with van der Waals surface area (Å²) in [5, 5.41) is 7.07. The van der Waals surface area contributed by atoms with E-state index in [0.29, 0.717) is 12.0 Å². The summed E-state index contributed by atoms with van der Waals surface area (Å²) in [7, 11) is 2.18. The minimum absolute atomic E-state index is 0. The van der Waals surface area contributed by atoms with E-state index >= 15 is 0 Å². The molecule has 0 radical (unpaired) electrons. The lowest BCUT2D eigenvalue weighted by Crippen LogP contribution is -2.47. The molecule has 1 aliphatic carbocycles. The van der Waals surface area contributed by atoms with Gasteiger partial charge in [-0.2, -0.15) is 0 Å². The van der Waals surface area contributed by atoms with Crippen LogP contribution in [0.2, 0.25) is 0 Å². The lowest BCUT2D eigenvalue weighted by molar-refractivity contribution is 0.104. The molecule has 0 bridgehead atoms. The Morgan fingerprint density at radius 3 is 2.53 bits per heavy atom. The van der Waals surface area contributed by atoms with Gasteiger partial charge in [0, 0.05) is 51.0 Å². The minimum Gasteiger partial charge on any atom is -0.357 e. The van der Waals surface area contributed by atoms with Crippen molar-refractivity contribution in [3.05, 3.63) is 23.9 Å². The fourth-order valence-electron chi connectivity index (χ4n) is 4.63. The van der Waals surface area contributed by atoms with Crippen LogP contribution in [0.4, 0.5) is 5.82 Å². The fourth-order valence-corrected chi connectivity index (χ4v) is 4.63. The van der Waals surface area contributed by atoms with E-state index in [4.69, 9.17) is 4.99 Å². The van der Waals surface area contributed by atoms with Crippen LogP contribution in [0, 0.1) is 11.3 Å².